The van der Waals surface area contributed by atoms with Crippen molar-refractivity contribution in [3.8, 4) is 0 Å². The monoisotopic (exact) mass is 274 g/mol. The molecule has 1 heterocycles. The van der Waals surface area contributed by atoms with Gasteiger partial charge in [0.1, 0.15) is 0 Å². The van der Waals surface area contributed by atoms with E-state index in [1.165, 1.54) is 0 Å². The molecule has 0 radical (unpaired) electrons. The van der Waals surface area contributed by atoms with Crippen molar-refractivity contribution >= 4 is 10.0 Å². The Bertz CT molecular complexity index is 363. The number of sulfonamides is 1. The molecular weight excluding hydrogens is 248 g/mol. The molecule has 1 aliphatic carbocycles. The molecule has 0 aromatic carbocycles. The van der Waals surface area contributed by atoms with Crippen LogP contribution in [-0.4, -0.2) is 32.8 Å². The molecule has 0 bridgehead atoms. The number of piperidine rings is 1. The van der Waals surface area contributed by atoms with Crippen molar-refractivity contribution in [2.24, 2.45) is 11.8 Å². The maximum Gasteiger partial charge on any atom is 0.215 e. The molecule has 0 aromatic rings. The predicted octanol–water partition coefficient (Wildman–Crippen LogP) is 1.48. The SMILES string of the molecule is CCC1CCC(NS(=O)(=O)C2CCCNC2)C1C. The van der Waals surface area contributed by atoms with Crippen molar-refractivity contribution in [3.05, 3.63) is 0 Å². The van der Waals surface area contributed by atoms with Crippen LogP contribution in [0.15, 0.2) is 0 Å². The van der Waals surface area contributed by atoms with E-state index in [1.807, 2.05) is 0 Å². The number of hydrogen-bond acceptors (Lipinski definition) is 3. The summed E-state index contributed by atoms with van der Waals surface area (Å²) in [5.41, 5.74) is 0. The van der Waals surface area contributed by atoms with Crippen LogP contribution in [0.2, 0.25) is 0 Å². The van der Waals surface area contributed by atoms with E-state index in [9.17, 15) is 8.42 Å². The van der Waals surface area contributed by atoms with Gasteiger partial charge >= 0.3 is 0 Å². The molecule has 106 valence electrons. The lowest BCUT2D eigenvalue weighted by atomic mass is 9.94. The fourth-order valence-electron chi connectivity index (χ4n) is 3.38. The highest BCUT2D eigenvalue weighted by Crippen LogP contribution is 2.34. The summed E-state index contributed by atoms with van der Waals surface area (Å²) in [5.74, 6) is 1.16. The van der Waals surface area contributed by atoms with Gasteiger partial charge in [-0.25, -0.2) is 13.1 Å². The van der Waals surface area contributed by atoms with Crippen LogP contribution in [-0.2, 0) is 10.0 Å². The highest BCUT2D eigenvalue weighted by Gasteiger charge is 2.36. The Kier molecular flexibility index (Phi) is 4.67. The van der Waals surface area contributed by atoms with Gasteiger partial charge in [0.05, 0.1) is 5.25 Å². The summed E-state index contributed by atoms with van der Waals surface area (Å²) in [6.45, 7) is 5.94. The molecule has 4 unspecified atom stereocenters. The normalized spacial score (nSPS) is 37.9. The molecule has 4 atom stereocenters. The summed E-state index contributed by atoms with van der Waals surface area (Å²) in [7, 11) is -3.14. The van der Waals surface area contributed by atoms with Crippen LogP contribution in [0.3, 0.4) is 0 Å². The zero-order valence-electron chi connectivity index (χ0n) is 11.5. The van der Waals surface area contributed by atoms with Gasteiger partial charge in [0.2, 0.25) is 10.0 Å². The number of rotatable bonds is 4. The van der Waals surface area contributed by atoms with E-state index in [4.69, 9.17) is 0 Å². The molecule has 2 aliphatic rings. The van der Waals surface area contributed by atoms with E-state index in [1.54, 1.807) is 0 Å². The first-order valence-corrected chi connectivity index (χ1v) is 8.81. The summed E-state index contributed by atoms with van der Waals surface area (Å²) in [6.07, 6.45) is 5.07. The molecule has 0 aromatic heterocycles. The van der Waals surface area contributed by atoms with Gasteiger partial charge < -0.3 is 5.32 Å². The van der Waals surface area contributed by atoms with Gasteiger partial charge in [0.15, 0.2) is 0 Å². The van der Waals surface area contributed by atoms with Crippen LogP contribution < -0.4 is 10.0 Å². The smallest absolute Gasteiger partial charge is 0.215 e. The van der Waals surface area contributed by atoms with Crippen molar-refractivity contribution in [2.75, 3.05) is 13.1 Å². The lowest BCUT2D eigenvalue weighted by Crippen LogP contribution is -2.48. The van der Waals surface area contributed by atoms with Crippen molar-refractivity contribution in [1.29, 1.82) is 0 Å². The second kappa shape index (κ2) is 5.88. The maximum atomic E-state index is 12.3. The fraction of sp³-hybridized carbons (Fsp3) is 1.00. The Labute approximate surface area is 111 Å². The van der Waals surface area contributed by atoms with Crippen LogP contribution in [0.5, 0.6) is 0 Å². The highest BCUT2D eigenvalue weighted by molar-refractivity contribution is 7.90. The molecule has 2 rings (SSSR count). The molecule has 0 spiro atoms. The summed E-state index contributed by atoms with van der Waals surface area (Å²) in [5, 5.41) is 2.94. The van der Waals surface area contributed by atoms with E-state index in [0.717, 1.165) is 38.6 Å². The zero-order valence-corrected chi connectivity index (χ0v) is 12.3. The molecule has 0 amide bonds. The lowest BCUT2D eigenvalue weighted by molar-refractivity contribution is 0.366. The lowest BCUT2D eigenvalue weighted by Gasteiger charge is -2.27. The fourth-order valence-corrected chi connectivity index (χ4v) is 5.14. The van der Waals surface area contributed by atoms with Gasteiger partial charge in [0.25, 0.3) is 0 Å². The quantitative estimate of drug-likeness (QED) is 0.816. The maximum absolute atomic E-state index is 12.3. The minimum Gasteiger partial charge on any atom is -0.315 e. The van der Waals surface area contributed by atoms with Crippen LogP contribution in [0, 0.1) is 11.8 Å². The molecule has 1 saturated carbocycles. The van der Waals surface area contributed by atoms with Crippen molar-refractivity contribution in [1.82, 2.24) is 10.0 Å². The van der Waals surface area contributed by atoms with E-state index in [-0.39, 0.29) is 11.3 Å². The third kappa shape index (κ3) is 3.06. The average molecular weight is 274 g/mol. The summed E-state index contributed by atoms with van der Waals surface area (Å²) < 4.78 is 27.6. The Balaban J connectivity index is 1.96. The molecule has 5 heteroatoms. The van der Waals surface area contributed by atoms with Gasteiger partial charge in [-0.1, -0.05) is 20.3 Å². The first kappa shape index (κ1) is 14.3. The molecule has 1 saturated heterocycles. The van der Waals surface area contributed by atoms with Gasteiger partial charge in [-0.15, -0.1) is 0 Å². The van der Waals surface area contributed by atoms with Crippen molar-refractivity contribution < 1.29 is 8.42 Å². The summed E-state index contributed by atoms with van der Waals surface area (Å²) in [6, 6.07) is 0.155. The second-order valence-corrected chi connectivity index (χ2v) is 7.83. The van der Waals surface area contributed by atoms with Gasteiger partial charge in [-0.05, 0) is 44.1 Å². The average Bonchev–Trinajstić information content (AvgIpc) is 2.71. The Morgan fingerprint density at radius 2 is 2.06 bits per heavy atom. The Hall–Kier alpha value is -0.130. The molecule has 2 N–H and O–H groups in total. The molecule has 4 nitrogen and oxygen atoms in total. The predicted molar refractivity (Wildman–Crippen MR) is 73.9 cm³/mol. The molecule has 18 heavy (non-hydrogen) atoms. The van der Waals surface area contributed by atoms with E-state index in [0.29, 0.717) is 18.4 Å². The topological polar surface area (TPSA) is 58.2 Å². The molecule has 2 fully saturated rings. The Morgan fingerprint density at radius 3 is 2.61 bits per heavy atom. The van der Waals surface area contributed by atoms with Crippen LogP contribution in [0.4, 0.5) is 0 Å². The van der Waals surface area contributed by atoms with Crippen molar-refractivity contribution in [3.63, 3.8) is 0 Å². The molecule has 1 aliphatic heterocycles. The second-order valence-electron chi connectivity index (χ2n) is 5.84. The highest BCUT2D eigenvalue weighted by atomic mass is 32.2. The van der Waals surface area contributed by atoms with E-state index >= 15 is 0 Å². The number of nitrogens with one attached hydrogen (secondary N) is 2. The third-order valence-electron chi connectivity index (χ3n) is 4.76. The van der Waals surface area contributed by atoms with Gasteiger partial charge in [-0.2, -0.15) is 0 Å². The van der Waals surface area contributed by atoms with Crippen LogP contribution in [0.1, 0.15) is 46.0 Å². The largest absolute Gasteiger partial charge is 0.315 e. The minimum absolute atomic E-state index is 0.155. The van der Waals surface area contributed by atoms with Crippen LogP contribution >= 0.6 is 0 Å². The zero-order chi connectivity index (χ0) is 13.2. The van der Waals surface area contributed by atoms with Gasteiger partial charge in [0, 0.05) is 12.6 Å². The first-order chi connectivity index (χ1) is 8.54. The third-order valence-corrected chi connectivity index (χ3v) is 6.67. The Morgan fingerprint density at radius 1 is 1.28 bits per heavy atom. The summed E-state index contributed by atoms with van der Waals surface area (Å²) in [4.78, 5) is 0. The summed E-state index contributed by atoms with van der Waals surface area (Å²) >= 11 is 0. The molecular formula is C13H26N2O2S. The standard InChI is InChI=1S/C13H26N2O2S/c1-3-11-6-7-13(10(11)2)15-18(16,17)12-5-4-8-14-9-12/h10-15H,3-9H2,1-2H3. The minimum atomic E-state index is -3.14. The number of hydrogen-bond donors (Lipinski definition) is 2. The van der Waals surface area contributed by atoms with E-state index < -0.39 is 10.0 Å². The van der Waals surface area contributed by atoms with E-state index in [2.05, 4.69) is 23.9 Å². The van der Waals surface area contributed by atoms with Crippen molar-refractivity contribution in [2.45, 2.75) is 57.2 Å². The van der Waals surface area contributed by atoms with Gasteiger partial charge in [-0.3, -0.25) is 0 Å². The first-order valence-electron chi connectivity index (χ1n) is 7.26. The van der Waals surface area contributed by atoms with Crippen LogP contribution in [0.25, 0.3) is 0 Å².